The van der Waals surface area contributed by atoms with Crippen LogP contribution in [0.3, 0.4) is 0 Å². The first kappa shape index (κ1) is 16.0. The molecule has 1 N–H and O–H groups in total. The monoisotopic (exact) mass is 238 g/mol. The zero-order chi connectivity index (χ0) is 13.5. The number of rotatable bonds is 5. The van der Waals surface area contributed by atoms with E-state index in [0.29, 0.717) is 6.54 Å². The van der Waals surface area contributed by atoms with Crippen molar-refractivity contribution in [2.45, 2.75) is 39.3 Å². The molecule has 0 aromatic carbocycles. The first-order chi connectivity index (χ1) is 7.76. The van der Waals surface area contributed by atoms with E-state index in [-0.39, 0.29) is 12.1 Å². The lowest BCUT2D eigenvalue weighted by atomic mass is 10.1. The molecular weight excluding hydrogens is 215 g/mol. The highest BCUT2D eigenvalue weighted by atomic mass is 16.6. The lowest BCUT2D eigenvalue weighted by Gasteiger charge is -2.25. The summed E-state index contributed by atoms with van der Waals surface area (Å²) in [6.07, 6.45) is 1.48. The van der Waals surface area contributed by atoms with Crippen molar-refractivity contribution in [1.29, 1.82) is 0 Å². The maximum Gasteiger partial charge on any atom is 0.407 e. The van der Waals surface area contributed by atoms with Crippen molar-refractivity contribution in [3.05, 3.63) is 12.1 Å². The van der Waals surface area contributed by atoms with Crippen molar-refractivity contribution in [1.82, 2.24) is 10.2 Å². The summed E-state index contributed by atoms with van der Waals surface area (Å²) in [5, 5.41) is 2.74. The summed E-state index contributed by atoms with van der Waals surface area (Å²) < 4.78 is 5.15. The van der Waals surface area contributed by atoms with E-state index in [4.69, 9.17) is 12.6 Å². The van der Waals surface area contributed by atoms with Gasteiger partial charge in [-0.25, -0.2) is 4.79 Å². The van der Waals surface area contributed by atoms with Crippen LogP contribution < -0.4 is 5.32 Å². The van der Waals surface area contributed by atoms with Crippen LogP contribution in [0.5, 0.6) is 0 Å². The van der Waals surface area contributed by atoms with Gasteiger partial charge in [0.2, 0.25) is 0 Å². The van der Waals surface area contributed by atoms with Crippen LogP contribution >= 0.6 is 0 Å². The van der Waals surface area contributed by atoms with Crippen LogP contribution in [0, 0.1) is 0 Å². The topological polar surface area (TPSA) is 41.6 Å². The largest absolute Gasteiger partial charge is 0.444 e. The van der Waals surface area contributed by atoms with E-state index < -0.39 is 5.60 Å². The van der Waals surface area contributed by atoms with E-state index in [1.165, 1.54) is 5.98 Å². The Morgan fingerprint density at radius 3 is 2.59 bits per heavy atom. The molecule has 0 rings (SSSR count). The molecule has 0 fully saturated rings. The first-order valence-electron chi connectivity index (χ1n) is 5.80. The quantitative estimate of drug-likeness (QED) is 0.738. The molecule has 0 spiro atoms. The standard InChI is InChI=1S/C12H23BN2O2/c1-10(15(5)8-6-7-13)9-14-11(16)17-12(2,3)4/h6-7,10H,8-9H2,1-5H3,(H,14,16)/b7-6+/t10-/m1/s1. The van der Waals surface area contributed by atoms with Gasteiger partial charge in [-0.15, -0.1) is 5.98 Å². The molecule has 0 aliphatic rings. The fraction of sp³-hybridized carbons (Fsp3) is 0.750. The fourth-order valence-corrected chi connectivity index (χ4v) is 1.11. The van der Waals surface area contributed by atoms with Gasteiger partial charge in [0.15, 0.2) is 0 Å². The number of hydrogen-bond donors (Lipinski definition) is 1. The van der Waals surface area contributed by atoms with Gasteiger partial charge in [0.1, 0.15) is 13.4 Å². The first-order valence-corrected chi connectivity index (χ1v) is 5.80. The summed E-state index contributed by atoms with van der Waals surface area (Å²) >= 11 is 0. The van der Waals surface area contributed by atoms with Crippen LogP contribution in [-0.2, 0) is 4.74 Å². The van der Waals surface area contributed by atoms with Crippen LogP contribution in [0.25, 0.3) is 0 Å². The van der Waals surface area contributed by atoms with Crippen LogP contribution in [0.1, 0.15) is 27.7 Å². The number of hydrogen-bond acceptors (Lipinski definition) is 3. The summed E-state index contributed by atoms with van der Waals surface area (Å²) in [6, 6.07) is 0.221. The summed E-state index contributed by atoms with van der Waals surface area (Å²) in [6.45, 7) is 8.86. The zero-order valence-corrected chi connectivity index (χ0v) is 11.5. The van der Waals surface area contributed by atoms with Crippen LogP contribution in [0.4, 0.5) is 4.79 Å². The van der Waals surface area contributed by atoms with E-state index in [2.05, 4.69) is 10.2 Å². The van der Waals surface area contributed by atoms with Gasteiger partial charge in [0.05, 0.1) is 0 Å². The number of alkyl carbamates (subject to hydrolysis) is 1. The molecule has 0 unspecified atom stereocenters. The third-order valence-corrected chi connectivity index (χ3v) is 2.22. The molecule has 4 nitrogen and oxygen atoms in total. The van der Waals surface area contributed by atoms with Crippen LogP contribution in [0.15, 0.2) is 12.1 Å². The molecule has 0 bridgehead atoms. The molecular formula is C12H23BN2O2. The van der Waals surface area contributed by atoms with Gasteiger partial charge in [-0.2, -0.15) is 0 Å². The number of nitrogens with zero attached hydrogens (tertiary/aromatic N) is 1. The Bertz CT molecular complexity index is 262. The normalized spacial score (nSPS) is 14.0. The minimum Gasteiger partial charge on any atom is -0.444 e. The highest BCUT2D eigenvalue weighted by Crippen LogP contribution is 2.06. The highest BCUT2D eigenvalue weighted by Gasteiger charge is 2.17. The Balaban J connectivity index is 3.90. The van der Waals surface area contributed by atoms with E-state index >= 15 is 0 Å². The molecule has 17 heavy (non-hydrogen) atoms. The SMILES string of the molecule is [B]/C=C/CN(C)[C@H](C)CNC(=O)OC(C)(C)C. The second-order valence-electron chi connectivity index (χ2n) is 5.10. The number of ether oxygens (including phenoxy) is 1. The third-order valence-electron chi connectivity index (χ3n) is 2.22. The number of amides is 1. The lowest BCUT2D eigenvalue weighted by molar-refractivity contribution is 0.0514. The molecule has 0 aromatic rings. The predicted octanol–water partition coefficient (Wildman–Crippen LogP) is 1.51. The molecule has 2 radical (unpaired) electrons. The fourth-order valence-electron chi connectivity index (χ4n) is 1.11. The molecule has 0 aliphatic carbocycles. The minimum atomic E-state index is -0.457. The summed E-state index contributed by atoms with van der Waals surface area (Å²) in [4.78, 5) is 13.5. The van der Waals surface area contributed by atoms with Gasteiger partial charge in [0, 0.05) is 19.1 Å². The van der Waals surface area contributed by atoms with E-state index in [0.717, 1.165) is 6.54 Å². The molecule has 1 atom stereocenters. The second-order valence-corrected chi connectivity index (χ2v) is 5.10. The minimum absolute atomic E-state index is 0.221. The Labute approximate surface area is 106 Å². The second kappa shape index (κ2) is 7.38. The summed E-state index contributed by atoms with van der Waals surface area (Å²) in [7, 11) is 7.25. The van der Waals surface area contributed by atoms with Gasteiger partial charge in [-0.1, -0.05) is 6.08 Å². The summed E-state index contributed by atoms with van der Waals surface area (Å²) in [5.41, 5.74) is -0.457. The molecule has 0 aromatic heterocycles. The Morgan fingerprint density at radius 2 is 2.12 bits per heavy atom. The Kier molecular flexibility index (Phi) is 6.96. The average Bonchev–Trinajstić information content (AvgIpc) is 2.20. The molecule has 0 saturated heterocycles. The molecule has 5 heteroatoms. The van der Waals surface area contributed by atoms with Crippen molar-refractivity contribution in [3.63, 3.8) is 0 Å². The van der Waals surface area contributed by atoms with Crippen LogP contribution in [-0.4, -0.2) is 50.6 Å². The molecule has 0 heterocycles. The van der Waals surface area contributed by atoms with Gasteiger partial charge in [-0.3, -0.25) is 4.90 Å². The molecule has 0 aliphatic heterocycles. The molecule has 0 saturated carbocycles. The van der Waals surface area contributed by atoms with Gasteiger partial charge in [0.25, 0.3) is 0 Å². The average molecular weight is 238 g/mol. The van der Waals surface area contributed by atoms with Crippen molar-refractivity contribution in [2.75, 3.05) is 20.1 Å². The number of carbonyl (C=O) groups excluding carboxylic acids is 1. The van der Waals surface area contributed by atoms with Crippen LogP contribution in [0.2, 0.25) is 0 Å². The maximum atomic E-state index is 11.4. The smallest absolute Gasteiger partial charge is 0.407 e. The number of likely N-dealkylation sites (N-methyl/N-ethyl adjacent to an activating group) is 1. The zero-order valence-electron chi connectivity index (χ0n) is 11.5. The van der Waals surface area contributed by atoms with Gasteiger partial charge in [-0.05, 0) is 34.7 Å². The summed E-state index contributed by atoms with van der Waals surface area (Å²) in [5.74, 6) is 1.52. The number of nitrogens with one attached hydrogen (secondary N) is 1. The Hall–Kier alpha value is -0.965. The number of carbonyl (C=O) groups is 1. The molecule has 1 amide bonds. The van der Waals surface area contributed by atoms with Gasteiger partial charge >= 0.3 is 6.09 Å². The van der Waals surface area contributed by atoms with E-state index in [1.807, 2.05) is 40.8 Å². The van der Waals surface area contributed by atoms with E-state index in [1.54, 1.807) is 0 Å². The van der Waals surface area contributed by atoms with Crippen molar-refractivity contribution < 1.29 is 9.53 Å². The van der Waals surface area contributed by atoms with Crippen molar-refractivity contribution in [3.8, 4) is 0 Å². The Morgan fingerprint density at radius 1 is 1.53 bits per heavy atom. The van der Waals surface area contributed by atoms with Gasteiger partial charge < -0.3 is 10.1 Å². The molecule has 96 valence electrons. The van der Waals surface area contributed by atoms with E-state index in [9.17, 15) is 4.79 Å². The third kappa shape index (κ3) is 8.80. The highest BCUT2D eigenvalue weighted by molar-refractivity contribution is 6.16. The predicted molar refractivity (Wildman–Crippen MR) is 71.2 cm³/mol. The van der Waals surface area contributed by atoms with Crippen molar-refractivity contribution in [2.24, 2.45) is 0 Å². The van der Waals surface area contributed by atoms with Crippen molar-refractivity contribution >= 4 is 13.9 Å². The maximum absolute atomic E-state index is 11.4. The lowest BCUT2D eigenvalue weighted by Crippen LogP contribution is -2.42.